The van der Waals surface area contributed by atoms with Gasteiger partial charge in [0, 0.05) is 49.9 Å². The van der Waals surface area contributed by atoms with Gasteiger partial charge in [0.1, 0.15) is 0 Å². The van der Waals surface area contributed by atoms with Crippen LogP contribution in [-0.2, 0) is 21.2 Å². The fourth-order valence-corrected chi connectivity index (χ4v) is 7.17. The lowest BCUT2D eigenvalue weighted by molar-refractivity contribution is -0.242. The second kappa shape index (κ2) is 12.2. The summed E-state index contributed by atoms with van der Waals surface area (Å²) in [7, 11) is -3.89. The number of sulfonamides is 1. The minimum absolute atomic E-state index is 0.0301. The number of carbonyl (C=O) groups excluding carboxylic acids is 1. The number of ether oxygens (including phenoxy) is 1. The molecule has 0 aliphatic carbocycles. The van der Waals surface area contributed by atoms with Gasteiger partial charge in [-0.2, -0.15) is 0 Å². The summed E-state index contributed by atoms with van der Waals surface area (Å²) in [5.74, 6) is 0.0889. The number of anilines is 2. The molecule has 0 spiro atoms. The highest BCUT2D eigenvalue weighted by molar-refractivity contribution is 7.92. The predicted molar refractivity (Wildman–Crippen MR) is 159 cm³/mol. The molecule has 2 aliphatic rings. The molecule has 1 unspecified atom stereocenters. The van der Waals surface area contributed by atoms with Gasteiger partial charge in [0.15, 0.2) is 5.78 Å². The van der Waals surface area contributed by atoms with Crippen molar-refractivity contribution in [3.63, 3.8) is 0 Å². The summed E-state index contributed by atoms with van der Waals surface area (Å²) < 4.78 is 35.1. The lowest BCUT2D eigenvalue weighted by Gasteiger charge is -2.43. The normalized spacial score (nSPS) is 18.2. The van der Waals surface area contributed by atoms with Gasteiger partial charge in [0.25, 0.3) is 10.0 Å². The topological polar surface area (TPSA) is 90.4 Å². The Balaban J connectivity index is 1.57. The largest absolute Gasteiger partial charge is 0.367 e. The number of hydrogen-bond donors (Lipinski definition) is 1. The lowest BCUT2D eigenvalue weighted by atomic mass is 9.95. The standard InChI is InChI=1S/C31H45N3O5S/c1-7-23-8-10-25(11-9-23)34(21-22(2)3)40(37,38)26-12-13-28-27(20-26)29(35)16-19-33(28)24-14-17-32(18-15-24)30(36)39-31(4,5)6/h8-13,20,22,24,30,36H,7,14-19,21H2,1-6H3. The van der Waals surface area contributed by atoms with E-state index in [9.17, 15) is 18.3 Å². The van der Waals surface area contributed by atoms with Gasteiger partial charge in [-0.15, -0.1) is 0 Å². The smallest absolute Gasteiger partial charge is 0.264 e. The van der Waals surface area contributed by atoms with E-state index in [1.54, 1.807) is 18.2 Å². The quantitative estimate of drug-likeness (QED) is 0.422. The molecule has 40 heavy (non-hydrogen) atoms. The minimum atomic E-state index is -3.89. The van der Waals surface area contributed by atoms with Crippen LogP contribution < -0.4 is 9.21 Å². The van der Waals surface area contributed by atoms with E-state index in [1.807, 2.05) is 63.8 Å². The number of ketones is 1. The van der Waals surface area contributed by atoms with Crippen molar-refractivity contribution in [1.29, 1.82) is 0 Å². The number of carbonyl (C=O) groups is 1. The van der Waals surface area contributed by atoms with E-state index in [4.69, 9.17) is 4.74 Å². The highest BCUT2D eigenvalue weighted by atomic mass is 32.2. The summed E-state index contributed by atoms with van der Waals surface area (Å²) in [6.45, 7) is 14.1. The van der Waals surface area contributed by atoms with Gasteiger partial charge in [-0.05, 0) is 81.8 Å². The van der Waals surface area contributed by atoms with Gasteiger partial charge < -0.3 is 14.7 Å². The first-order valence-corrected chi connectivity index (χ1v) is 15.9. The Kier molecular flexibility index (Phi) is 9.29. The zero-order valence-electron chi connectivity index (χ0n) is 24.8. The Hall–Kier alpha value is -2.46. The van der Waals surface area contributed by atoms with Gasteiger partial charge in [0.05, 0.1) is 16.2 Å². The first-order chi connectivity index (χ1) is 18.8. The summed E-state index contributed by atoms with van der Waals surface area (Å²) in [6, 6.07) is 12.9. The van der Waals surface area contributed by atoms with Gasteiger partial charge in [-0.3, -0.25) is 14.0 Å². The molecule has 1 N–H and O–H groups in total. The van der Waals surface area contributed by atoms with Crippen LogP contribution in [0.5, 0.6) is 0 Å². The molecule has 9 heteroatoms. The molecule has 2 heterocycles. The number of rotatable bonds is 9. The van der Waals surface area contributed by atoms with E-state index < -0.39 is 22.0 Å². The molecule has 2 aromatic rings. The summed E-state index contributed by atoms with van der Waals surface area (Å²) in [6.07, 6.45) is 1.91. The van der Waals surface area contributed by atoms with Crippen molar-refractivity contribution in [3.8, 4) is 0 Å². The van der Waals surface area contributed by atoms with Crippen LogP contribution in [0.15, 0.2) is 47.4 Å². The van der Waals surface area contributed by atoms with Crippen molar-refractivity contribution in [2.45, 2.75) is 90.2 Å². The number of aryl methyl sites for hydroxylation is 1. The Bertz CT molecular complexity index is 1280. The molecule has 2 aliphatic heterocycles. The van der Waals surface area contributed by atoms with Crippen molar-refractivity contribution in [3.05, 3.63) is 53.6 Å². The van der Waals surface area contributed by atoms with Gasteiger partial charge in [0.2, 0.25) is 6.41 Å². The highest BCUT2D eigenvalue weighted by Gasteiger charge is 2.35. The maximum atomic E-state index is 14.0. The number of fused-ring (bicyclic) bond motifs is 1. The van der Waals surface area contributed by atoms with E-state index in [2.05, 4.69) is 11.8 Å². The van der Waals surface area contributed by atoms with Crippen LogP contribution in [0.3, 0.4) is 0 Å². The molecule has 1 fully saturated rings. The van der Waals surface area contributed by atoms with Crippen LogP contribution in [0, 0.1) is 5.92 Å². The molecular formula is C31H45N3O5S. The monoisotopic (exact) mass is 571 g/mol. The van der Waals surface area contributed by atoms with E-state index >= 15 is 0 Å². The van der Waals surface area contributed by atoms with Crippen LogP contribution in [0.4, 0.5) is 11.4 Å². The zero-order chi connectivity index (χ0) is 29.2. The van der Waals surface area contributed by atoms with Crippen LogP contribution >= 0.6 is 0 Å². The Morgan fingerprint density at radius 2 is 1.70 bits per heavy atom. The third-order valence-electron chi connectivity index (χ3n) is 7.62. The fourth-order valence-electron chi connectivity index (χ4n) is 5.51. The third-order valence-corrected chi connectivity index (χ3v) is 9.41. The first kappa shape index (κ1) is 30.5. The molecule has 0 aromatic heterocycles. The van der Waals surface area contributed by atoms with Crippen molar-refractivity contribution < 1.29 is 23.1 Å². The molecule has 0 saturated carbocycles. The molecule has 0 bridgehead atoms. The first-order valence-electron chi connectivity index (χ1n) is 14.5. The van der Waals surface area contributed by atoms with E-state index in [0.717, 1.165) is 30.5 Å². The van der Waals surface area contributed by atoms with Gasteiger partial charge >= 0.3 is 0 Å². The summed E-state index contributed by atoms with van der Waals surface area (Å²) in [5.41, 5.74) is 2.59. The number of aliphatic hydroxyl groups is 1. The summed E-state index contributed by atoms with van der Waals surface area (Å²) in [5, 5.41) is 10.5. The van der Waals surface area contributed by atoms with E-state index in [1.165, 1.54) is 4.31 Å². The molecule has 1 atom stereocenters. The van der Waals surface area contributed by atoms with Gasteiger partial charge in [-0.1, -0.05) is 32.9 Å². The van der Waals surface area contributed by atoms with E-state index in [0.29, 0.717) is 43.9 Å². The van der Waals surface area contributed by atoms with Crippen molar-refractivity contribution in [2.75, 3.05) is 35.4 Å². The number of likely N-dealkylation sites (tertiary alicyclic amines) is 1. The number of piperidine rings is 1. The minimum Gasteiger partial charge on any atom is -0.367 e. The Morgan fingerprint density at radius 1 is 1.05 bits per heavy atom. The second-order valence-corrected chi connectivity index (χ2v) is 14.2. The van der Waals surface area contributed by atoms with Crippen molar-refractivity contribution >= 4 is 27.2 Å². The molecule has 0 amide bonds. The van der Waals surface area contributed by atoms with Crippen molar-refractivity contribution in [2.24, 2.45) is 5.92 Å². The molecule has 1 saturated heterocycles. The molecule has 0 radical (unpaired) electrons. The molecule has 4 rings (SSSR count). The number of aliphatic hydroxyl groups excluding tert-OH is 1. The Labute approximate surface area is 240 Å². The number of nitrogens with zero attached hydrogens (tertiary/aromatic N) is 3. The zero-order valence-corrected chi connectivity index (χ0v) is 25.6. The maximum absolute atomic E-state index is 14.0. The number of Topliss-reactive ketones (excluding diaryl/α,β-unsaturated/α-hetero) is 1. The van der Waals surface area contributed by atoms with Crippen LogP contribution in [-0.4, -0.2) is 68.4 Å². The summed E-state index contributed by atoms with van der Waals surface area (Å²) in [4.78, 5) is 17.4. The number of hydrogen-bond acceptors (Lipinski definition) is 7. The van der Waals surface area contributed by atoms with Crippen LogP contribution in [0.25, 0.3) is 0 Å². The van der Waals surface area contributed by atoms with Crippen LogP contribution in [0.1, 0.15) is 76.7 Å². The second-order valence-electron chi connectivity index (χ2n) is 12.3. The van der Waals surface area contributed by atoms with Crippen LogP contribution in [0.2, 0.25) is 0 Å². The molecule has 2 aromatic carbocycles. The molecular weight excluding hydrogens is 526 g/mol. The highest BCUT2D eigenvalue weighted by Crippen LogP contribution is 2.35. The SMILES string of the molecule is CCc1ccc(N(CC(C)C)S(=O)(=O)c2ccc3c(c2)C(=O)CCN3C2CCN(C(O)OC(C)(C)C)CC2)cc1. The predicted octanol–water partition coefficient (Wildman–Crippen LogP) is 5.05. The lowest BCUT2D eigenvalue weighted by Crippen LogP contribution is -2.51. The third kappa shape index (κ3) is 6.87. The molecule has 8 nitrogen and oxygen atoms in total. The average Bonchev–Trinajstić information content (AvgIpc) is 2.91. The van der Waals surface area contributed by atoms with Gasteiger partial charge in [-0.25, -0.2) is 8.42 Å². The average molecular weight is 572 g/mol. The fraction of sp³-hybridized carbons (Fsp3) is 0.581. The summed E-state index contributed by atoms with van der Waals surface area (Å²) >= 11 is 0. The molecule has 220 valence electrons. The van der Waals surface area contributed by atoms with E-state index in [-0.39, 0.29) is 22.6 Å². The number of benzene rings is 2. The van der Waals surface area contributed by atoms with Crippen molar-refractivity contribution in [1.82, 2.24) is 4.90 Å². The maximum Gasteiger partial charge on any atom is 0.264 e. The Morgan fingerprint density at radius 3 is 2.27 bits per heavy atom.